The van der Waals surface area contributed by atoms with E-state index in [2.05, 4.69) is 10.2 Å². The van der Waals surface area contributed by atoms with Crippen LogP contribution in [0, 0.1) is 0 Å². The van der Waals surface area contributed by atoms with Crippen molar-refractivity contribution in [2.24, 2.45) is 0 Å². The van der Waals surface area contributed by atoms with Gasteiger partial charge in [0.15, 0.2) is 11.5 Å². The molecule has 1 N–H and O–H groups in total. The molecule has 0 atom stereocenters. The van der Waals surface area contributed by atoms with E-state index >= 15 is 0 Å². The number of carbonyl (C=O) groups is 1. The summed E-state index contributed by atoms with van der Waals surface area (Å²) in [5.41, 5.74) is 5.37. The first-order valence-electron chi connectivity index (χ1n) is 13.6. The topological polar surface area (TPSA) is 98.3 Å². The largest absolute Gasteiger partial charge is 0.497 e. The molecule has 4 aromatic rings. The Morgan fingerprint density at radius 1 is 0.878 bits per heavy atom. The number of amides is 1. The summed E-state index contributed by atoms with van der Waals surface area (Å²) < 4.78 is 21.5. The Bertz CT molecular complexity index is 1500. The predicted molar refractivity (Wildman–Crippen MR) is 159 cm³/mol. The zero-order chi connectivity index (χ0) is 28.8. The Morgan fingerprint density at radius 3 is 2.32 bits per heavy atom. The molecule has 0 spiro atoms. The van der Waals surface area contributed by atoms with Crippen molar-refractivity contribution in [1.29, 1.82) is 0 Å². The van der Waals surface area contributed by atoms with Crippen LogP contribution in [0.3, 0.4) is 0 Å². The number of piperazine rings is 1. The molecule has 1 fully saturated rings. The number of hydrogen-bond acceptors (Lipinski definition) is 9. The van der Waals surface area contributed by atoms with Crippen LogP contribution < -0.4 is 24.4 Å². The molecule has 0 radical (unpaired) electrons. The first-order chi connectivity index (χ1) is 20.0. The predicted octanol–water partition coefficient (Wildman–Crippen LogP) is 5.21. The zero-order valence-corrected chi connectivity index (χ0v) is 23.8. The number of benzene rings is 2. The van der Waals surface area contributed by atoms with Gasteiger partial charge in [-0.15, -0.1) is 0 Å². The van der Waals surface area contributed by atoms with Crippen molar-refractivity contribution in [3.05, 3.63) is 66.4 Å². The van der Waals surface area contributed by atoms with Crippen LogP contribution in [0.2, 0.25) is 0 Å². The number of carbonyl (C=O) groups excluding carboxylic acids is 1. The fraction of sp³-hybridized carbons (Fsp3) is 0.323. The lowest BCUT2D eigenvalue weighted by Crippen LogP contribution is -2.49. The highest BCUT2D eigenvalue weighted by Gasteiger charge is 2.24. The van der Waals surface area contributed by atoms with Gasteiger partial charge in [0.2, 0.25) is 0 Å². The van der Waals surface area contributed by atoms with E-state index in [0.29, 0.717) is 50.8 Å². The van der Waals surface area contributed by atoms with Crippen LogP contribution in [0.4, 0.5) is 16.3 Å². The summed E-state index contributed by atoms with van der Waals surface area (Å²) in [6, 6.07) is 17.8. The molecule has 2 aromatic carbocycles. The van der Waals surface area contributed by atoms with Crippen LogP contribution in [0.15, 0.2) is 60.8 Å². The number of nitrogens with one attached hydrogen (secondary N) is 1. The van der Waals surface area contributed by atoms with Gasteiger partial charge in [-0.2, -0.15) is 0 Å². The van der Waals surface area contributed by atoms with Gasteiger partial charge in [-0.3, -0.25) is 4.98 Å². The van der Waals surface area contributed by atoms with E-state index in [9.17, 15) is 4.79 Å². The van der Waals surface area contributed by atoms with Crippen molar-refractivity contribution in [1.82, 2.24) is 14.9 Å². The zero-order valence-electron chi connectivity index (χ0n) is 23.8. The van der Waals surface area contributed by atoms with Crippen LogP contribution in [0.25, 0.3) is 22.2 Å². The fourth-order valence-electron chi connectivity index (χ4n) is 4.92. The van der Waals surface area contributed by atoms with E-state index < -0.39 is 0 Å². The Hall–Kier alpha value is -4.73. The Balaban J connectivity index is 1.53. The van der Waals surface area contributed by atoms with E-state index in [0.717, 1.165) is 45.0 Å². The normalized spacial score (nSPS) is 13.2. The minimum absolute atomic E-state index is 0.277. The quantitative estimate of drug-likeness (QED) is 0.297. The summed E-state index contributed by atoms with van der Waals surface area (Å²) in [6.07, 6.45) is 1.52. The molecule has 5 rings (SSSR count). The third-order valence-electron chi connectivity index (χ3n) is 7.15. The number of aromatic nitrogens is 2. The summed E-state index contributed by atoms with van der Waals surface area (Å²) >= 11 is 0. The second-order valence-corrected chi connectivity index (χ2v) is 9.53. The van der Waals surface area contributed by atoms with Crippen molar-refractivity contribution >= 4 is 28.6 Å². The average Bonchev–Trinajstić information content (AvgIpc) is 3.03. The molecule has 10 nitrogen and oxygen atoms in total. The molecule has 0 bridgehead atoms. The van der Waals surface area contributed by atoms with Crippen molar-refractivity contribution < 1.29 is 23.7 Å². The number of hydrogen-bond donors (Lipinski definition) is 1. The molecule has 0 saturated carbocycles. The standard InChI is InChI=1S/C31H35N5O5/c1-5-41-31(37)36-16-14-35(15-17-36)28-19-25(33-20-21-6-9-23(38-2)10-7-21)30-29(34-28)24(12-13-32-30)22-8-11-26(39-3)27(18-22)40-4/h6-13,18-19H,5,14-17,20H2,1-4H3,(H,33,34). The van der Waals surface area contributed by atoms with E-state index in [1.54, 1.807) is 32.4 Å². The second kappa shape index (κ2) is 12.6. The maximum atomic E-state index is 12.3. The lowest BCUT2D eigenvalue weighted by molar-refractivity contribution is 0.105. The molecule has 0 aliphatic carbocycles. The third-order valence-corrected chi connectivity index (χ3v) is 7.15. The third kappa shape index (κ3) is 6.06. The summed E-state index contributed by atoms with van der Waals surface area (Å²) in [5, 5.41) is 3.58. The van der Waals surface area contributed by atoms with Crippen LogP contribution in [-0.4, -0.2) is 75.1 Å². The smallest absolute Gasteiger partial charge is 0.409 e. The van der Waals surface area contributed by atoms with Gasteiger partial charge in [-0.25, -0.2) is 9.78 Å². The van der Waals surface area contributed by atoms with Crippen molar-refractivity contribution in [3.63, 3.8) is 0 Å². The first-order valence-corrected chi connectivity index (χ1v) is 13.6. The SMILES string of the molecule is CCOC(=O)N1CCN(c2cc(NCc3ccc(OC)cc3)c3nccc(-c4ccc(OC)c(OC)c4)c3n2)CC1. The molecular weight excluding hydrogens is 522 g/mol. The maximum absolute atomic E-state index is 12.3. The van der Waals surface area contributed by atoms with E-state index in [1.165, 1.54) is 0 Å². The van der Waals surface area contributed by atoms with Gasteiger partial charge in [0.25, 0.3) is 0 Å². The second-order valence-electron chi connectivity index (χ2n) is 9.53. The van der Waals surface area contributed by atoms with E-state index in [-0.39, 0.29) is 6.09 Å². The van der Waals surface area contributed by atoms with Crippen LogP contribution >= 0.6 is 0 Å². The molecule has 1 aliphatic rings. The van der Waals surface area contributed by atoms with Crippen LogP contribution in [-0.2, 0) is 11.3 Å². The molecule has 2 aromatic heterocycles. The number of rotatable bonds is 9. The Labute approximate surface area is 239 Å². The summed E-state index contributed by atoms with van der Waals surface area (Å²) in [7, 11) is 4.90. The maximum Gasteiger partial charge on any atom is 0.409 e. The van der Waals surface area contributed by atoms with E-state index in [1.807, 2.05) is 61.5 Å². The van der Waals surface area contributed by atoms with Gasteiger partial charge in [0, 0.05) is 50.6 Å². The van der Waals surface area contributed by atoms with Crippen LogP contribution in [0.1, 0.15) is 12.5 Å². The number of fused-ring (bicyclic) bond motifs is 1. The van der Waals surface area contributed by atoms with Gasteiger partial charge in [0.05, 0.1) is 33.6 Å². The minimum Gasteiger partial charge on any atom is -0.497 e. The van der Waals surface area contributed by atoms with Crippen molar-refractivity contribution in [3.8, 4) is 28.4 Å². The van der Waals surface area contributed by atoms with Gasteiger partial charge in [-0.1, -0.05) is 18.2 Å². The van der Waals surface area contributed by atoms with Gasteiger partial charge in [0.1, 0.15) is 22.6 Å². The highest BCUT2D eigenvalue weighted by Crippen LogP contribution is 2.37. The number of ether oxygens (including phenoxy) is 4. The number of anilines is 2. The summed E-state index contributed by atoms with van der Waals surface area (Å²) in [5.74, 6) is 2.92. The molecule has 1 aliphatic heterocycles. The Morgan fingerprint density at radius 2 is 1.63 bits per heavy atom. The highest BCUT2D eigenvalue weighted by atomic mass is 16.6. The highest BCUT2D eigenvalue weighted by molar-refractivity contribution is 5.99. The Kier molecular flexibility index (Phi) is 8.57. The molecule has 10 heteroatoms. The average molecular weight is 558 g/mol. The first kappa shape index (κ1) is 27.8. The minimum atomic E-state index is -0.277. The van der Waals surface area contributed by atoms with Gasteiger partial charge >= 0.3 is 6.09 Å². The molecule has 1 saturated heterocycles. The molecule has 214 valence electrons. The molecule has 1 amide bonds. The summed E-state index contributed by atoms with van der Waals surface area (Å²) in [4.78, 5) is 26.0. The van der Waals surface area contributed by atoms with Gasteiger partial charge < -0.3 is 34.1 Å². The lowest BCUT2D eigenvalue weighted by atomic mass is 10.0. The van der Waals surface area contributed by atoms with Crippen molar-refractivity contribution in [2.75, 3.05) is 64.3 Å². The molecule has 0 unspecified atom stereocenters. The van der Waals surface area contributed by atoms with Crippen LogP contribution in [0.5, 0.6) is 17.2 Å². The van der Waals surface area contributed by atoms with Gasteiger partial charge in [-0.05, 0) is 48.4 Å². The lowest BCUT2D eigenvalue weighted by Gasteiger charge is -2.35. The number of pyridine rings is 2. The monoisotopic (exact) mass is 557 g/mol. The summed E-state index contributed by atoms with van der Waals surface area (Å²) in [6.45, 7) is 5.17. The molecular formula is C31H35N5O5. The number of methoxy groups -OCH3 is 3. The molecule has 3 heterocycles. The van der Waals surface area contributed by atoms with Crippen molar-refractivity contribution in [2.45, 2.75) is 13.5 Å². The van der Waals surface area contributed by atoms with E-state index in [4.69, 9.17) is 28.9 Å². The fourth-order valence-corrected chi connectivity index (χ4v) is 4.92. The number of nitrogens with zero attached hydrogens (tertiary/aromatic N) is 4. The molecule has 41 heavy (non-hydrogen) atoms.